The Morgan fingerprint density at radius 1 is 0.935 bits per heavy atom. The molecule has 2 aromatic carbocycles. The molecule has 5 nitrogen and oxygen atoms in total. The summed E-state index contributed by atoms with van der Waals surface area (Å²) in [5, 5.41) is 14.9. The molecule has 0 aliphatic heterocycles. The van der Waals surface area contributed by atoms with Crippen molar-refractivity contribution in [3.05, 3.63) is 79.0 Å². The Bertz CT molecular complexity index is 1330. The topological polar surface area (TPSA) is 63.8 Å². The fraction of sp³-hybridized carbons (Fsp3) is 0.125. The fourth-order valence-corrected chi connectivity index (χ4v) is 4.58. The number of thiophene rings is 1. The minimum Gasteiger partial charge on any atom is -0.396 e. The predicted molar refractivity (Wildman–Crippen MR) is 121 cm³/mol. The number of rotatable bonds is 6. The van der Waals surface area contributed by atoms with Gasteiger partial charge >= 0.3 is 0 Å². The van der Waals surface area contributed by atoms with E-state index in [1.807, 2.05) is 29.1 Å². The smallest absolute Gasteiger partial charge is 0.127 e. The van der Waals surface area contributed by atoms with Crippen molar-refractivity contribution in [3.63, 3.8) is 0 Å². The highest BCUT2D eigenvalue weighted by Crippen LogP contribution is 2.39. The summed E-state index contributed by atoms with van der Waals surface area (Å²) >= 11 is 1.62. The molecule has 0 aliphatic rings. The zero-order valence-corrected chi connectivity index (χ0v) is 17.4. The molecule has 31 heavy (non-hydrogen) atoms. The maximum absolute atomic E-state index is 13.5. The van der Waals surface area contributed by atoms with E-state index in [1.54, 1.807) is 29.8 Å². The number of aromatic nitrogens is 4. The van der Waals surface area contributed by atoms with Gasteiger partial charge in [-0.25, -0.2) is 14.4 Å². The zero-order valence-electron chi connectivity index (χ0n) is 16.6. The molecule has 0 radical (unpaired) electrons. The van der Waals surface area contributed by atoms with Gasteiger partial charge in [-0.1, -0.05) is 30.3 Å². The monoisotopic (exact) mass is 430 g/mol. The molecule has 0 aliphatic carbocycles. The molecule has 1 N–H and O–H groups in total. The van der Waals surface area contributed by atoms with Crippen LogP contribution in [0.2, 0.25) is 0 Å². The van der Waals surface area contributed by atoms with Crippen molar-refractivity contribution in [3.8, 4) is 33.0 Å². The summed E-state index contributed by atoms with van der Waals surface area (Å²) in [5.41, 5.74) is 4.32. The largest absolute Gasteiger partial charge is 0.396 e. The van der Waals surface area contributed by atoms with E-state index in [0.29, 0.717) is 13.0 Å². The van der Waals surface area contributed by atoms with Crippen molar-refractivity contribution >= 4 is 21.6 Å². The number of aliphatic hydroxyl groups is 1. The molecular weight excluding hydrogens is 411 g/mol. The molecule has 3 aromatic heterocycles. The molecule has 7 heteroatoms. The van der Waals surface area contributed by atoms with Crippen molar-refractivity contribution in [2.75, 3.05) is 6.61 Å². The molecular formula is C24H19FN4OS. The van der Waals surface area contributed by atoms with Crippen molar-refractivity contribution in [1.29, 1.82) is 0 Å². The second kappa shape index (κ2) is 8.37. The molecule has 0 spiro atoms. The zero-order chi connectivity index (χ0) is 21.2. The maximum Gasteiger partial charge on any atom is 0.127 e. The number of benzene rings is 2. The third-order valence-corrected chi connectivity index (χ3v) is 6.16. The Kier molecular flexibility index (Phi) is 5.28. The van der Waals surface area contributed by atoms with Gasteiger partial charge in [-0.05, 0) is 42.3 Å². The molecule has 0 atom stereocenters. The van der Waals surface area contributed by atoms with E-state index in [9.17, 15) is 9.50 Å². The molecule has 154 valence electrons. The Hall–Kier alpha value is -3.42. The van der Waals surface area contributed by atoms with Gasteiger partial charge in [-0.15, -0.1) is 11.3 Å². The quantitative estimate of drug-likeness (QED) is 0.391. The third kappa shape index (κ3) is 3.85. The standard InChI is InChI=1S/C24H19FN4OS/c25-18-9-7-17(8-10-18)22-20(14-29(28-22)11-4-12-30)23-19-13-21(16-5-2-1-3-6-16)31-24(19)27-15-26-23/h1-3,5-10,13-15,30H,4,11-12H2. The molecule has 0 bridgehead atoms. The summed E-state index contributed by atoms with van der Waals surface area (Å²) < 4.78 is 15.3. The Morgan fingerprint density at radius 2 is 1.74 bits per heavy atom. The molecule has 0 unspecified atom stereocenters. The van der Waals surface area contributed by atoms with Crippen LogP contribution in [0.1, 0.15) is 6.42 Å². The highest BCUT2D eigenvalue weighted by molar-refractivity contribution is 7.21. The summed E-state index contributed by atoms with van der Waals surface area (Å²) in [5.74, 6) is -0.292. The Morgan fingerprint density at radius 3 is 2.52 bits per heavy atom. The van der Waals surface area contributed by atoms with Crippen LogP contribution in [0.25, 0.3) is 43.2 Å². The fourth-order valence-electron chi connectivity index (χ4n) is 3.58. The Labute approximate surface area is 182 Å². The van der Waals surface area contributed by atoms with E-state index in [4.69, 9.17) is 5.10 Å². The number of aryl methyl sites for hydroxylation is 1. The number of hydrogen-bond acceptors (Lipinski definition) is 5. The number of hydrogen-bond donors (Lipinski definition) is 1. The van der Waals surface area contributed by atoms with Gasteiger partial charge in [0.05, 0.1) is 5.69 Å². The normalized spacial score (nSPS) is 11.3. The second-order valence-corrected chi connectivity index (χ2v) is 8.19. The van der Waals surface area contributed by atoms with Crippen LogP contribution in [0.15, 0.2) is 73.2 Å². The lowest BCUT2D eigenvalue weighted by atomic mass is 10.0. The van der Waals surface area contributed by atoms with Crippen molar-refractivity contribution < 1.29 is 9.50 Å². The average molecular weight is 431 g/mol. The van der Waals surface area contributed by atoms with Gasteiger partial charge in [0, 0.05) is 40.7 Å². The van der Waals surface area contributed by atoms with Crippen molar-refractivity contribution in [2.24, 2.45) is 0 Å². The molecule has 0 fully saturated rings. The number of fused-ring (bicyclic) bond motifs is 1. The van der Waals surface area contributed by atoms with Gasteiger partial charge in [0.1, 0.15) is 22.7 Å². The molecule has 5 rings (SSSR count). The third-order valence-electron chi connectivity index (χ3n) is 5.07. The average Bonchev–Trinajstić information content (AvgIpc) is 3.43. The molecule has 3 heterocycles. The molecule has 0 amide bonds. The van der Waals surface area contributed by atoms with Gasteiger partial charge in [0.15, 0.2) is 0 Å². The van der Waals surface area contributed by atoms with E-state index < -0.39 is 0 Å². The van der Waals surface area contributed by atoms with E-state index in [0.717, 1.165) is 43.2 Å². The van der Waals surface area contributed by atoms with Crippen LogP contribution < -0.4 is 0 Å². The van der Waals surface area contributed by atoms with Crippen LogP contribution in [0.4, 0.5) is 4.39 Å². The number of nitrogens with zero attached hydrogens (tertiary/aromatic N) is 4. The Balaban J connectivity index is 1.67. The van der Waals surface area contributed by atoms with Crippen LogP contribution >= 0.6 is 11.3 Å². The van der Waals surface area contributed by atoms with Crippen molar-refractivity contribution in [1.82, 2.24) is 19.7 Å². The SMILES string of the molecule is OCCCn1cc(-c2ncnc3sc(-c4ccccc4)cc23)c(-c2ccc(F)cc2)n1. The lowest BCUT2D eigenvalue weighted by Crippen LogP contribution is -2.00. The van der Waals surface area contributed by atoms with Gasteiger partial charge in [-0.3, -0.25) is 4.68 Å². The summed E-state index contributed by atoms with van der Waals surface area (Å²) in [6.45, 7) is 0.668. The van der Waals surface area contributed by atoms with Gasteiger partial charge in [0.2, 0.25) is 0 Å². The van der Waals surface area contributed by atoms with E-state index in [2.05, 4.69) is 28.2 Å². The second-order valence-electron chi connectivity index (χ2n) is 7.16. The molecule has 0 saturated heterocycles. The van der Waals surface area contributed by atoms with Crippen LogP contribution in [0.3, 0.4) is 0 Å². The van der Waals surface area contributed by atoms with Gasteiger partial charge in [-0.2, -0.15) is 5.10 Å². The first-order valence-corrected chi connectivity index (χ1v) is 10.8. The summed E-state index contributed by atoms with van der Waals surface area (Å²) in [7, 11) is 0. The molecule has 0 saturated carbocycles. The van der Waals surface area contributed by atoms with Gasteiger partial charge < -0.3 is 5.11 Å². The molecule has 5 aromatic rings. The van der Waals surface area contributed by atoms with Crippen LogP contribution in [-0.2, 0) is 6.54 Å². The van der Waals surface area contributed by atoms with Gasteiger partial charge in [0.25, 0.3) is 0 Å². The maximum atomic E-state index is 13.5. The summed E-state index contributed by atoms with van der Waals surface area (Å²) in [4.78, 5) is 11.1. The first-order valence-electron chi connectivity index (χ1n) is 9.97. The minimum absolute atomic E-state index is 0.0871. The van der Waals surface area contributed by atoms with Crippen molar-refractivity contribution in [2.45, 2.75) is 13.0 Å². The number of aliphatic hydroxyl groups excluding tert-OH is 1. The minimum atomic E-state index is -0.292. The lowest BCUT2D eigenvalue weighted by Gasteiger charge is -2.03. The lowest BCUT2D eigenvalue weighted by molar-refractivity contribution is 0.277. The van der Waals surface area contributed by atoms with Crippen LogP contribution in [0, 0.1) is 5.82 Å². The number of halogens is 1. The van der Waals surface area contributed by atoms with E-state index >= 15 is 0 Å². The summed E-state index contributed by atoms with van der Waals surface area (Å²) in [6, 6.07) is 18.6. The van der Waals surface area contributed by atoms with E-state index in [-0.39, 0.29) is 12.4 Å². The van der Waals surface area contributed by atoms with E-state index in [1.165, 1.54) is 12.1 Å². The van der Waals surface area contributed by atoms with Crippen LogP contribution in [0.5, 0.6) is 0 Å². The first-order chi connectivity index (χ1) is 15.2. The first kappa shape index (κ1) is 19.5. The highest BCUT2D eigenvalue weighted by Gasteiger charge is 2.19. The summed E-state index contributed by atoms with van der Waals surface area (Å²) in [6.07, 6.45) is 4.11. The van der Waals surface area contributed by atoms with Crippen LogP contribution in [-0.4, -0.2) is 31.5 Å². The predicted octanol–water partition coefficient (Wildman–Crippen LogP) is 5.41. The highest BCUT2D eigenvalue weighted by atomic mass is 32.1.